The van der Waals surface area contributed by atoms with Crippen molar-refractivity contribution >= 4 is 21.0 Å². The number of fused-ring (bicyclic) bond motifs is 1. The second-order valence-electron chi connectivity index (χ2n) is 6.67. The molecule has 0 unspecified atom stereocenters. The van der Waals surface area contributed by atoms with Crippen LogP contribution in [0.25, 0.3) is 33.4 Å². The summed E-state index contributed by atoms with van der Waals surface area (Å²) in [6, 6.07) is 11.0. The Morgan fingerprint density at radius 3 is 2.43 bits per heavy atom. The number of imidazole rings is 1. The lowest BCUT2D eigenvalue weighted by Crippen LogP contribution is -2.13. The van der Waals surface area contributed by atoms with Crippen LogP contribution in [0.4, 0.5) is 4.39 Å². The highest BCUT2D eigenvalue weighted by Crippen LogP contribution is 2.31. The van der Waals surface area contributed by atoms with Crippen LogP contribution in [-0.2, 0) is 9.84 Å². The van der Waals surface area contributed by atoms with Crippen LogP contribution in [0.5, 0.6) is 0 Å². The van der Waals surface area contributed by atoms with Crippen molar-refractivity contribution in [3.8, 4) is 22.3 Å². The maximum atomic E-state index is 14.5. The summed E-state index contributed by atoms with van der Waals surface area (Å²) in [7, 11) is -3.38. The molecule has 0 bridgehead atoms. The third-order valence-electron chi connectivity index (χ3n) is 4.61. The van der Waals surface area contributed by atoms with Crippen molar-refractivity contribution in [1.82, 2.24) is 20.2 Å². The van der Waals surface area contributed by atoms with Crippen LogP contribution in [-0.4, -0.2) is 33.8 Å². The lowest BCUT2D eigenvalue weighted by molar-refractivity contribution is 0.587. The van der Waals surface area contributed by atoms with Crippen LogP contribution in [0.15, 0.2) is 59.9 Å². The van der Waals surface area contributed by atoms with Gasteiger partial charge in [0, 0.05) is 11.1 Å². The molecule has 0 saturated carbocycles. The van der Waals surface area contributed by atoms with Gasteiger partial charge in [-0.05, 0) is 49.2 Å². The van der Waals surface area contributed by atoms with E-state index in [-0.39, 0.29) is 4.90 Å². The fourth-order valence-electron chi connectivity index (χ4n) is 2.99. The second-order valence-corrected chi connectivity index (χ2v) is 9.17. The molecule has 0 aliphatic carbocycles. The minimum absolute atomic E-state index is 0.222. The Labute approximate surface area is 161 Å². The molecule has 0 aliphatic rings. The number of aromatic nitrogens is 4. The molecule has 0 amide bonds. The Morgan fingerprint density at radius 1 is 1.00 bits per heavy atom. The van der Waals surface area contributed by atoms with Crippen molar-refractivity contribution in [2.45, 2.75) is 24.0 Å². The van der Waals surface area contributed by atoms with Crippen molar-refractivity contribution in [2.75, 3.05) is 0 Å². The highest BCUT2D eigenvalue weighted by atomic mass is 32.2. The Hall–Kier alpha value is -3.13. The average Bonchev–Trinajstić information content (AvgIpc) is 3.17. The molecule has 0 saturated heterocycles. The summed E-state index contributed by atoms with van der Waals surface area (Å²) in [5.74, 6) is -0.400. The first-order chi connectivity index (χ1) is 13.4. The van der Waals surface area contributed by atoms with E-state index >= 15 is 0 Å². The molecule has 4 rings (SSSR count). The van der Waals surface area contributed by atoms with E-state index in [0.717, 1.165) is 11.1 Å². The molecule has 142 valence electrons. The van der Waals surface area contributed by atoms with Crippen molar-refractivity contribution in [3.63, 3.8) is 0 Å². The maximum absolute atomic E-state index is 14.5. The first-order valence-corrected chi connectivity index (χ1v) is 10.2. The standard InChI is InChI=1S/C20H17FN4O2S/c1-12(2)28(26,27)15-6-3-13(4-7-15)16-9-14(5-8-18(16)21)17-10-24-25-20-19(17)22-11-23-20/h3-12H,1-2H3,(H,22,23,25). The van der Waals surface area contributed by atoms with Gasteiger partial charge in [-0.25, -0.2) is 17.8 Å². The van der Waals surface area contributed by atoms with E-state index in [4.69, 9.17) is 0 Å². The zero-order valence-corrected chi connectivity index (χ0v) is 16.0. The fraction of sp³-hybridized carbons (Fsp3) is 0.150. The van der Waals surface area contributed by atoms with Crippen molar-refractivity contribution in [2.24, 2.45) is 0 Å². The molecule has 6 nitrogen and oxygen atoms in total. The van der Waals surface area contributed by atoms with Gasteiger partial charge in [-0.1, -0.05) is 18.2 Å². The molecule has 2 aromatic carbocycles. The van der Waals surface area contributed by atoms with Gasteiger partial charge in [0.2, 0.25) is 0 Å². The molecule has 1 N–H and O–H groups in total. The van der Waals surface area contributed by atoms with Gasteiger partial charge < -0.3 is 4.98 Å². The summed E-state index contributed by atoms with van der Waals surface area (Å²) in [6.45, 7) is 3.26. The number of H-pyrrole nitrogens is 1. The molecule has 4 aromatic rings. The van der Waals surface area contributed by atoms with Gasteiger partial charge in [-0.2, -0.15) is 5.10 Å². The van der Waals surface area contributed by atoms with Gasteiger partial charge in [0.25, 0.3) is 0 Å². The maximum Gasteiger partial charge on any atom is 0.180 e. The lowest BCUT2D eigenvalue weighted by atomic mass is 9.99. The van der Waals surface area contributed by atoms with E-state index in [1.807, 2.05) is 0 Å². The SMILES string of the molecule is CC(C)S(=O)(=O)c1ccc(-c2cc(-c3cnnc4[nH]cnc34)ccc2F)cc1. The lowest BCUT2D eigenvalue weighted by Gasteiger charge is -2.10. The van der Waals surface area contributed by atoms with Gasteiger partial charge in [-0.3, -0.25) is 0 Å². The van der Waals surface area contributed by atoms with Crippen molar-refractivity contribution in [3.05, 3.63) is 60.8 Å². The van der Waals surface area contributed by atoms with Gasteiger partial charge in [-0.15, -0.1) is 5.10 Å². The van der Waals surface area contributed by atoms with E-state index in [0.29, 0.717) is 22.3 Å². The zero-order chi connectivity index (χ0) is 19.9. The molecule has 28 heavy (non-hydrogen) atoms. The monoisotopic (exact) mass is 396 g/mol. The largest absolute Gasteiger partial charge is 0.328 e. The predicted octanol–water partition coefficient (Wildman–Crippen LogP) is 4.01. The van der Waals surface area contributed by atoms with E-state index in [1.54, 1.807) is 44.3 Å². The summed E-state index contributed by atoms with van der Waals surface area (Å²) in [5, 5.41) is 7.41. The number of nitrogens with zero attached hydrogens (tertiary/aromatic N) is 3. The number of aromatic amines is 1. The molecule has 0 aliphatic heterocycles. The molecular weight excluding hydrogens is 379 g/mol. The summed E-state index contributed by atoms with van der Waals surface area (Å²) >= 11 is 0. The van der Waals surface area contributed by atoms with Crippen LogP contribution in [0.1, 0.15) is 13.8 Å². The number of benzene rings is 2. The molecule has 2 aromatic heterocycles. The Bertz CT molecular complexity index is 1270. The smallest absolute Gasteiger partial charge is 0.180 e. The molecule has 0 spiro atoms. The second kappa shape index (κ2) is 6.79. The van der Waals surface area contributed by atoms with E-state index in [9.17, 15) is 12.8 Å². The number of nitrogens with one attached hydrogen (secondary N) is 1. The van der Waals surface area contributed by atoms with Crippen molar-refractivity contribution in [1.29, 1.82) is 0 Å². The zero-order valence-electron chi connectivity index (χ0n) is 15.2. The number of rotatable bonds is 4. The van der Waals surface area contributed by atoms with E-state index < -0.39 is 20.9 Å². The van der Waals surface area contributed by atoms with Crippen LogP contribution in [0.3, 0.4) is 0 Å². The third kappa shape index (κ3) is 3.05. The summed E-state index contributed by atoms with van der Waals surface area (Å²) in [4.78, 5) is 7.38. The van der Waals surface area contributed by atoms with Gasteiger partial charge >= 0.3 is 0 Å². The van der Waals surface area contributed by atoms with Crippen LogP contribution < -0.4 is 0 Å². The first kappa shape index (κ1) is 18.2. The molecule has 0 atom stereocenters. The molecule has 2 heterocycles. The Balaban J connectivity index is 1.79. The number of halogens is 1. The normalized spacial score (nSPS) is 12.0. The summed E-state index contributed by atoms with van der Waals surface area (Å²) in [5.41, 5.74) is 3.61. The Kier molecular flexibility index (Phi) is 4.43. The van der Waals surface area contributed by atoms with Crippen molar-refractivity contribution < 1.29 is 12.8 Å². The fourth-order valence-corrected chi connectivity index (χ4v) is 4.05. The van der Waals surface area contributed by atoms with Gasteiger partial charge in [0.1, 0.15) is 11.3 Å². The van der Waals surface area contributed by atoms with Gasteiger partial charge in [0.05, 0.1) is 22.7 Å². The van der Waals surface area contributed by atoms with Crippen LogP contribution in [0.2, 0.25) is 0 Å². The average molecular weight is 396 g/mol. The molecular formula is C20H17FN4O2S. The topological polar surface area (TPSA) is 88.6 Å². The number of sulfone groups is 1. The predicted molar refractivity (Wildman–Crippen MR) is 105 cm³/mol. The van der Waals surface area contributed by atoms with Gasteiger partial charge in [0.15, 0.2) is 15.5 Å². The summed E-state index contributed by atoms with van der Waals surface area (Å²) in [6.07, 6.45) is 3.11. The summed E-state index contributed by atoms with van der Waals surface area (Å²) < 4.78 is 39.1. The molecule has 8 heteroatoms. The highest BCUT2D eigenvalue weighted by Gasteiger charge is 2.19. The van der Waals surface area contributed by atoms with E-state index in [2.05, 4.69) is 20.2 Å². The van der Waals surface area contributed by atoms with Crippen LogP contribution in [0, 0.1) is 5.82 Å². The number of hydrogen-bond acceptors (Lipinski definition) is 5. The highest BCUT2D eigenvalue weighted by molar-refractivity contribution is 7.92. The minimum atomic E-state index is -3.38. The molecule has 0 radical (unpaired) electrons. The van der Waals surface area contributed by atoms with Crippen LogP contribution >= 0.6 is 0 Å². The minimum Gasteiger partial charge on any atom is -0.328 e. The number of hydrogen-bond donors (Lipinski definition) is 1. The third-order valence-corrected chi connectivity index (χ3v) is 6.78. The first-order valence-electron chi connectivity index (χ1n) is 8.67. The van der Waals surface area contributed by atoms with E-state index in [1.165, 1.54) is 24.5 Å². The molecule has 0 fully saturated rings. The quantitative estimate of drug-likeness (QED) is 0.563. The Morgan fingerprint density at radius 2 is 1.71 bits per heavy atom.